The zero-order chi connectivity index (χ0) is 21.2. The van der Waals surface area contributed by atoms with Crippen LogP contribution >= 0.6 is 0 Å². The van der Waals surface area contributed by atoms with Gasteiger partial charge < -0.3 is 10.1 Å². The first-order chi connectivity index (χ1) is 13.7. The van der Waals surface area contributed by atoms with Gasteiger partial charge in [-0.3, -0.25) is 4.79 Å². The summed E-state index contributed by atoms with van der Waals surface area (Å²) >= 11 is 0. The highest BCUT2D eigenvalue weighted by atomic mass is 32.2. The van der Waals surface area contributed by atoms with Crippen molar-refractivity contribution in [2.75, 3.05) is 25.0 Å². The largest absolute Gasteiger partial charge is 0.377 e. The van der Waals surface area contributed by atoms with Crippen LogP contribution in [0, 0.1) is 13.8 Å². The molecule has 29 heavy (non-hydrogen) atoms. The Morgan fingerprint density at radius 2 is 1.79 bits per heavy atom. The van der Waals surface area contributed by atoms with E-state index in [1.807, 2.05) is 45.9 Å². The lowest BCUT2D eigenvalue weighted by Crippen LogP contribution is -2.48. The predicted molar refractivity (Wildman–Crippen MR) is 114 cm³/mol. The lowest BCUT2D eigenvalue weighted by atomic mass is 10.1. The van der Waals surface area contributed by atoms with Crippen LogP contribution in [0.4, 0.5) is 5.69 Å². The lowest BCUT2D eigenvalue weighted by Gasteiger charge is -2.34. The number of rotatable bonds is 6. The topological polar surface area (TPSA) is 75.7 Å². The van der Waals surface area contributed by atoms with Gasteiger partial charge in [-0.15, -0.1) is 0 Å². The van der Waals surface area contributed by atoms with E-state index in [9.17, 15) is 13.2 Å². The molecule has 6 nitrogen and oxygen atoms in total. The van der Waals surface area contributed by atoms with E-state index in [1.165, 1.54) is 16.4 Å². The zero-order valence-electron chi connectivity index (χ0n) is 17.3. The summed E-state index contributed by atoms with van der Waals surface area (Å²) in [5.74, 6) is -0.161. The molecule has 2 aromatic carbocycles. The fourth-order valence-electron chi connectivity index (χ4n) is 3.60. The minimum absolute atomic E-state index is 0.0963. The highest BCUT2D eigenvalue weighted by Gasteiger charge is 2.32. The van der Waals surface area contributed by atoms with Crippen LogP contribution in [0.15, 0.2) is 47.4 Å². The Kier molecular flexibility index (Phi) is 6.41. The number of benzene rings is 2. The normalized spacial score (nSPS) is 20.4. The summed E-state index contributed by atoms with van der Waals surface area (Å²) in [6.45, 7) is 8.42. The highest BCUT2D eigenvalue weighted by molar-refractivity contribution is 7.89. The van der Waals surface area contributed by atoms with Gasteiger partial charge in [0.25, 0.3) is 0 Å². The summed E-state index contributed by atoms with van der Waals surface area (Å²) in [7, 11) is -3.68. The number of sulfonamides is 1. The summed E-state index contributed by atoms with van der Waals surface area (Å²) < 4.78 is 33.2. The molecular formula is C22H28N2O4S. The van der Waals surface area contributed by atoms with E-state index in [0.29, 0.717) is 18.7 Å². The first kappa shape index (κ1) is 21.5. The van der Waals surface area contributed by atoms with Crippen LogP contribution in [-0.2, 0) is 14.8 Å². The van der Waals surface area contributed by atoms with Crippen molar-refractivity contribution < 1.29 is 17.9 Å². The van der Waals surface area contributed by atoms with E-state index in [0.717, 1.165) is 16.8 Å². The monoisotopic (exact) mass is 416 g/mol. The molecule has 2 atom stereocenters. The maximum absolute atomic E-state index is 13.1. The third-order valence-corrected chi connectivity index (χ3v) is 6.83. The van der Waals surface area contributed by atoms with Crippen LogP contribution in [-0.4, -0.2) is 50.3 Å². The molecule has 1 N–H and O–H groups in total. The second kappa shape index (κ2) is 8.65. The second-order valence-corrected chi connectivity index (χ2v) is 9.64. The highest BCUT2D eigenvalue weighted by Crippen LogP contribution is 2.22. The standard InChI is InChI=1S/C22H28N2O4S/c1-15-8-9-21(16(2)10-15)23-12-22(25)19-6-5-7-20(11-19)29(26,27)24-13-17(3)28-18(4)14-24/h5-11,17-18,23H,12-14H2,1-4H3. The third-order valence-electron chi connectivity index (χ3n) is 5.00. The van der Waals surface area contributed by atoms with Crippen LogP contribution in [0.2, 0.25) is 0 Å². The molecule has 0 aromatic heterocycles. The molecule has 1 aliphatic rings. The van der Waals surface area contributed by atoms with E-state index >= 15 is 0 Å². The van der Waals surface area contributed by atoms with E-state index in [4.69, 9.17) is 4.74 Å². The zero-order valence-corrected chi connectivity index (χ0v) is 18.1. The Morgan fingerprint density at radius 3 is 2.45 bits per heavy atom. The molecule has 0 amide bonds. The number of anilines is 1. The molecule has 1 saturated heterocycles. The van der Waals surface area contributed by atoms with E-state index in [-0.39, 0.29) is 29.4 Å². The molecule has 156 valence electrons. The molecule has 0 radical (unpaired) electrons. The molecule has 2 aromatic rings. The molecule has 0 aliphatic carbocycles. The number of morpholine rings is 1. The van der Waals surface area contributed by atoms with Gasteiger partial charge in [0, 0.05) is 24.3 Å². The van der Waals surface area contributed by atoms with Crippen LogP contribution in [0.3, 0.4) is 0 Å². The van der Waals surface area contributed by atoms with Crippen LogP contribution in [0.25, 0.3) is 0 Å². The number of hydrogen-bond acceptors (Lipinski definition) is 5. The summed E-state index contributed by atoms with van der Waals surface area (Å²) in [6.07, 6.45) is -0.333. The number of ether oxygens (including phenoxy) is 1. The molecule has 7 heteroatoms. The van der Waals surface area contributed by atoms with Gasteiger partial charge in [0.1, 0.15) is 0 Å². The molecule has 0 saturated carbocycles. The molecule has 1 aliphatic heterocycles. The van der Waals surface area contributed by atoms with Crippen LogP contribution in [0.1, 0.15) is 35.3 Å². The van der Waals surface area contributed by atoms with Gasteiger partial charge in [-0.05, 0) is 51.5 Å². The fraction of sp³-hybridized carbons (Fsp3) is 0.409. The van der Waals surface area contributed by atoms with Crippen molar-refractivity contribution >= 4 is 21.5 Å². The second-order valence-electron chi connectivity index (χ2n) is 7.70. The lowest BCUT2D eigenvalue weighted by molar-refractivity contribution is -0.0440. The van der Waals surface area contributed by atoms with Gasteiger partial charge in [0.15, 0.2) is 5.78 Å². The van der Waals surface area contributed by atoms with Crippen molar-refractivity contribution in [2.24, 2.45) is 0 Å². The average molecular weight is 417 g/mol. The first-order valence-electron chi connectivity index (χ1n) is 9.77. The van der Waals surface area contributed by atoms with Gasteiger partial charge in [-0.1, -0.05) is 29.8 Å². The molecule has 2 unspecified atom stereocenters. The van der Waals surface area contributed by atoms with Gasteiger partial charge in [-0.25, -0.2) is 8.42 Å². The summed E-state index contributed by atoms with van der Waals surface area (Å²) in [4.78, 5) is 12.8. The van der Waals surface area contributed by atoms with Gasteiger partial charge >= 0.3 is 0 Å². The van der Waals surface area contributed by atoms with Crippen molar-refractivity contribution in [3.8, 4) is 0 Å². The summed E-state index contributed by atoms with van der Waals surface area (Å²) in [5, 5.41) is 3.15. The number of nitrogens with zero attached hydrogens (tertiary/aromatic N) is 1. The summed E-state index contributed by atoms with van der Waals surface area (Å²) in [6, 6.07) is 12.2. The van der Waals surface area contributed by atoms with Crippen molar-refractivity contribution in [3.05, 3.63) is 59.2 Å². The average Bonchev–Trinajstić information content (AvgIpc) is 2.66. The molecule has 0 bridgehead atoms. The first-order valence-corrected chi connectivity index (χ1v) is 11.2. The quantitative estimate of drug-likeness (QED) is 0.731. The number of carbonyl (C=O) groups is 1. The smallest absolute Gasteiger partial charge is 0.243 e. The Labute approximate surface area is 172 Å². The number of hydrogen-bond donors (Lipinski definition) is 1. The van der Waals surface area contributed by atoms with Gasteiger partial charge in [-0.2, -0.15) is 4.31 Å². The van der Waals surface area contributed by atoms with Crippen LogP contribution < -0.4 is 5.32 Å². The maximum atomic E-state index is 13.1. The number of aryl methyl sites for hydroxylation is 2. The van der Waals surface area contributed by atoms with Crippen LogP contribution in [0.5, 0.6) is 0 Å². The number of nitrogens with one attached hydrogen (secondary N) is 1. The predicted octanol–water partition coefficient (Wildman–Crippen LogP) is 3.40. The fourth-order valence-corrected chi connectivity index (χ4v) is 5.23. The van der Waals surface area contributed by atoms with Crippen molar-refractivity contribution in [2.45, 2.75) is 44.8 Å². The SMILES string of the molecule is Cc1ccc(NCC(=O)c2cccc(S(=O)(=O)N3CC(C)OC(C)C3)c2)c(C)c1. The van der Waals surface area contributed by atoms with Gasteiger partial charge in [0.2, 0.25) is 10.0 Å². The van der Waals surface area contributed by atoms with E-state index < -0.39 is 10.0 Å². The van der Waals surface area contributed by atoms with E-state index in [2.05, 4.69) is 5.32 Å². The molecule has 1 heterocycles. The molecule has 0 spiro atoms. The maximum Gasteiger partial charge on any atom is 0.243 e. The molecular weight excluding hydrogens is 388 g/mol. The Balaban J connectivity index is 1.75. The Morgan fingerprint density at radius 1 is 1.10 bits per heavy atom. The minimum Gasteiger partial charge on any atom is -0.377 e. The van der Waals surface area contributed by atoms with Crippen molar-refractivity contribution in [3.63, 3.8) is 0 Å². The van der Waals surface area contributed by atoms with E-state index in [1.54, 1.807) is 12.1 Å². The molecule has 1 fully saturated rings. The Hall–Kier alpha value is -2.22. The minimum atomic E-state index is -3.68. The Bertz CT molecular complexity index is 994. The molecule has 3 rings (SSSR count). The van der Waals surface area contributed by atoms with Crippen molar-refractivity contribution in [1.29, 1.82) is 0 Å². The number of Topliss-reactive ketones (excluding diaryl/α,β-unsaturated/α-hetero) is 1. The number of ketones is 1. The third kappa shape index (κ3) is 5.04. The van der Waals surface area contributed by atoms with Gasteiger partial charge in [0.05, 0.1) is 23.6 Å². The van der Waals surface area contributed by atoms with Crippen molar-refractivity contribution in [1.82, 2.24) is 4.31 Å². The summed E-state index contributed by atoms with van der Waals surface area (Å²) in [5.41, 5.74) is 3.48. The number of carbonyl (C=O) groups excluding carboxylic acids is 1.